The molecule has 0 saturated carbocycles. The van der Waals surface area contributed by atoms with Crippen molar-refractivity contribution in [3.05, 3.63) is 58.0 Å². The predicted molar refractivity (Wildman–Crippen MR) is 94.2 cm³/mol. The first-order valence-corrected chi connectivity index (χ1v) is 9.04. The number of fused-ring (bicyclic) bond motifs is 1. The van der Waals surface area contributed by atoms with Crippen molar-refractivity contribution in [2.45, 2.75) is 10.9 Å². The zero-order valence-corrected chi connectivity index (χ0v) is 14.3. The molecule has 4 aromatic rings. The largest absolute Gasteiger partial charge is 0.420 e. The topological polar surface area (TPSA) is 73.8 Å². The van der Waals surface area contributed by atoms with Gasteiger partial charge in [-0.25, -0.2) is 4.98 Å². The maximum Gasteiger partial charge on any atom is 0.262 e. The van der Waals surface area contributed by atoms with E-state index in [0.29, 0.717) is 28.1 Å². The number of hydrogen-bond acceptors (Lipinski definition) is 7. The van der Waals surface area contributed by atoms with Crippen LogP contribution in [-0.2, 0) is 12.8 Å². The molecule has 0 unspecified atom stereocenters. The van der Waals surface area contributed by atoms with Gasteiger partial charge in [0.05, 0.1) is 11.1 Å². The molecule has 0 aliphatic heterocycles. The Kier molecular flexibility index (Phi) is 3.91. The van der Waals surface area contributed by atoms with Crippen molar-refractivity contribution in [3.63, 3.8) is 0 Å². The lowest BCUT2D eigenvalue weighted by atomic mass is 10.2. The van der Waals surface area contributed by atoms with E-state index in [0.717, 1.165) is 10.4 Å². The highest BCUT2D eigenvalue weighted by atomic mass is 32.2. The van der Waals surface area contributed by atoms with Crippen molar-refractivity contribution in [2.24, 2.45) is 7.05 Å². The summed E-state index contributed by atoms with van der Waals surface area (Å²) >= 11 is 2.86. The Bertz CT molecular complexity index is 1050. The molecule has 4 rings (SSSR count). The first-order valence-electron chi connectivity index (χ1n) is 7.17. The molecule has 0 radical (unpaired) electrons. The quantitative estimate of drug-likeness (QED) is 0.412. The second kappa shape index (κ2) is 6.21. The summed E-state index contributed by atoms with van der Waals surface area (Å²) in [6, 6.07) is 11.4. The van der Waals surface area contributed by atoms with Crippen LogP contribution in [0.3, 0.4) is 0 Å². The van der Waals surface area contributed by atoms with E-state index >= 15 is 0 Å². The minimum atomic E-state index is -0.0424. The van der Waals surface area contributed by atoms with E-state index in [9.17, 15) is 4.79 Å². The molecule has 0 aliphatic carbocycles. The monoisotopic (exact) mass is 356 g/mol. The first kappa shape index (κ1) is 15.1. The molecule has 24 heavy (non-hydrogen) atoms. The van der Waals surface area contributed by atoms with Crippen molar-refractivity contribution in [3.8, 4) is 11.5 Å². The Morgan fingerprint density at radius 3 is 2.88 bits per heavy atom. The van der Waals surface area contributed by atoms with Gasteiger partial charge in [-0.15, -0.1) is 21.5 Å². The van der Waals surface area contributed by atoms with Gasteiger partial charge < -0.3 is 4.42 Å². The van der Waals surface area contributed by atoms with Crippen LogP contribution in [0.4, 0.5) is 0 Å². The van der Waals surface area contributed by atoms with Crippen LogP contribution < -0.4 is 5.56 Å². The predicted octanol–water partition coefficient (Wildman–Crippen LogP) is 3.34. The van der Waals surface area contributed by atoms with Crippen LogP contribution in [0.5, 0.6) is 0 Å². The normalized spacial score (nSPS) is 11.2. The van der Waals surface area contributed by atoms with Gasteiger partial charge in [-0.05, 0) is 23.6 Å². The van der Waals surface area contributed by atoms with Crippen LogP contribution >= 0.6 is 23.1 Å². The van der Waals surface area contributed by atoms with Crippen molar-refractivity contribution < 1.29 is 4.42 Å². The third-order valence-corrected chi connectivity index (χ3v) is 5.30. The van der Waals surface area contributed by atoms with Crippen LogP contribution in [0.1, 0.15) is 5.89 Å². The summed E-state index contributed by atoms with van der Waals surface area (Å²) in [5, 5.41) is 11.3. The standard InChI is InChI=1S/C16H12N4O2S2/c1-20-15(21)11-7-8-23-14(11)17-16(20)24-9-12-18-19-13(22-12)10-5-3-2-4-6-10/h2-8H,9H2,1H3. The van der Waals surface area contributed by atoms with E-state index < -0.39 is 0 Å². The fourth-order valence-corrected chi connectivity index (χ4v) is 3.86. The number of thioether (sulfide) groups is 1. The lowest BCUT2D eigenvalue weighted by molar-refractivity contribution is 0.528. The van der Waals surface area contributed by atoms with Gasteiger partial charge in [0, 0.05) is 12.6 Å². The zero-order chi connectivity index (χ0) is 16.5. The molecule has 0 spiro atoms. The van der Waals surface area contributed by atoms with Gasteiger partial charge in [-0.2, -0.15) is 0 Å². The van der Waals surface area contributed by atoms with Crippen molar-refractivity contribution in [1.29, 1.82) is 0 Å². The summed E-state index contributed by atoms with van der Waals surface area (Å²) < 4.78 is 7.23. The number of benzene rings is 1. The van der Waals surface area contributed by atoms with Gasteiger partial charge in [0.1, 0.15) is 4.83 Å². The zero-order valence-electron chi connectivity index (χ0n) is 12.7. The fraction of sp³-hybridized carbons (Fsp3) is 0.125. The van der Waals surface area contributed by atoms with E-state index in [1.807, 2.05) is 35.7 Å². The summed E-state index contributed by atoms with van der Waals surface area (Å²) in [6.07, 6.45) is 0. The van der Waals surface area contributed by atoms with Crippen LogP contribution in [0.25, 0.3) is 21.7 Å². The van der Waals surface area contributed by atoms with Crippen LogP contribution in [0.2, 0.25) is 0 Å². The molecule has 1 aromatic carbocycles. The van der Waals surface area contributed by atoms with Gasteiger partial charge in [-0.1, -0.05) is 30.0 Å². The van der Waals surface area contributed by atoms with Gasteiger partial charge in [0.2, 0.25) is 11.8 Å². The molecule has 120 valence electrons. The molecule has 8 heteroatoms. The van der Waals surface area contributed by atoms with Gasteiger partial charge >= 0.3 is 0 Å². The highest BCUT2D eigenvalue weighted by Gasteiger charge is 2.13. The smallest absolute Gasteiger partial charge is 0.262 e. The SMILES string of the molecule is Cn1c(SCc2nnc(-c3ccccc3)o2)nc2sccc2c1=O. The Morgan fingerprint density at radius 2 is 2.04 bits per heavy atom. The van der Waals surface area contributed by atoms with E-state index in [2.05, 4.69) is 15.2 Å². The molecule has 3 aromatic heterocycles. The molecule has 0 amide bonds. The van der Waals surface area contributed by atoms with E-state index in [4.69, 9.17) is 4.42 Å². The molecule has 0 atom stereocenters. The minimum absolute atomic E-state index is 0.0424. The molecular weight excluding hydrogens is 344 g/mol. The van der Waals surface area contributed by atoms with Crippen molar-refractivity contribution in [2.75, 3.05) is 0 Å². The number of nitrogens with zero attached hydrogens (tertiary/aromatic N) is 4. The number of thiophene rings is 1. The van der Waals surface area contributed by atoms with Crippen LogP contribution in [-0.4, -0.2) is 19.7 Å². The van der Waals surface area contributed by atoms with E-state index in [1.54, 1.807) is 17.7 Å². The average molecular weight is 356 g/mol. The molecule has 0 aliphatic rings. The van der Waals surface area contributed by atoms with E-state index in [1.165, 1.54) is 23.1 Å². The molecule has 3 heterocycles. The lowest BCUT2D eigenvalue weighted by Gasteiger charge is -2.05. The van der Waals surface area contributed by atoms with Gasteiger partial charge in [0.15, 0.2) is 5.16 Å². The first-order chi connectivity index (χ1) is 11.7. The van der Waals surface area contributed by atoms with Gasteiger partial charge in [0.25, 0.3) is 5.56 Å². The van der Waals surface area contributed by atoms with E-state index in [-0.39, 0.29) is 5.56 Å². The number of hydrogen-bond donors (Lipinski definition) is 0. The lowest BCUT2D eigenvalue weighted by Crippen LogP contribution is -2.19. The van der Waals surface area contributed by atoms with Crippen molar-refractivity contribution >= 4 is 33.3 Å². The summed E-state index contributed by atoms with van der Waals surface area (Å²) in [7, 11) is 1.72. The molecule has 0 bridgehead atoms. The third kappa shape index (κ3) is 2.74. The second-order valence-corrected chi connectivity index (χ2v) is 6.89. The summed E-state index contributed by atoms with van der Waals surface area (Å²) in [4.78, 5) is 17.6. The maximum absolute atomic E-state index is 12.3. The molecule has 6 nitrogen and oxygen atoms in total. The van der Waals surface area contributed by atoms with Crippen LogP contribution in [0, 0.1) is 0 Å². The molecule has 0 N–H and O–H groups in total. The summed E-state index contributed by atoms with van der Waals surface area (Å²) in [5.41, 5.74) is 0.839. The second-order valence-electron chi connectivity index (χ2n) is 5.05. The molecule has 0 saturated heterocycles. The Hall–Kier alpha value is -2.45. The Labute approximate surface area is 145 Å². The Balaban J connectivity index is 1.56. The summed E-state index contributed by atoms with van der Waals surface area (Å²) in [5.74, 6) is 1.44. The Morgan fingerprint density at radius 1 is 1.21 bits per heavy atom. The number of aromatic nitrogens is 4. The number of rotatable bonds is 4. The highest BCUT2D eigenvalue weighted by molar-refractivity contribution is 7.98. The van der Waals surface area contributed by atoms with Crippen LogP contribution in [0.15, 0.2) is 56.1 Å². The van der Waals surface area contributed by atoms with Crippen molar-refractivity contribution in [1.82, 2.24) is 19.7 Å². The van der Waals surface area contributed by atoms with Gasteiger partial charge in [-0.3, -0.25) is 9.36 Å². The summed E-state index contributed by atoms with van der Waals surface area (Å²) in [6.45, 7) is 0. The maximum atomic E-state index is 12.3. The minimum Gasteiger partial charge on any atom is -0.420 e. The third-order valence-electron chi connectivity index (χ3n) is 3.48. The fourth-order valence-electron chi connectivity index (χ4n) is 2.24. The molecule has 0 fully saturated rings. The molecular formula is C16H12N4O2S2. The average Bonchev–Trinajstić information content (AvgIpc) is 3.27. The highest BCUT2D eigenvalue weighted by Crippen LogP contribution is 2.24.